The fourth-order valence-electron chi connectivity index (χ4n) is 1.65. The molecule has 0 aliphatic heterocycles. The molecule has 0 atom stereocenters. The maximum atomic E-state index is 2.21. The van der Waals surface area contributed by atoms with Gasteiger partial charge in [-0.05, 0) is 47.9 Å². The first-order valence-corrected chi connectivity index (χ1v) is 8.23. The van der Waals surface area contributed by atoms with Crippen molar-refractivity contribution in [3.63, 3.8) is 0 Å². The minimum absolute atomic E-state index is 1.24. The zero-order valence-corrected chi connectivity index (χ0v) is 12.2. The molecule has 0 bridgehead atoms. The first kappa shape index (κ1) is 13.3. The molecular formula is C16H16S2. The maximum Gasteiger partial charge on any atom is 0.00750 e. The van der Waals surface area contributed by atoms with E-state index in [0.717, 1.165) is 0 Å². The molecule has 2 heteroatoms. The SMILES string of the molecule is CSc1ccc(/C=C/c2cccc(SC)c2)cc1. The first-order valence-electron chi connectivity index (χ1n) is 5.78. The number of hydrogen-bond donors (Lipinski definition) is 0. The van der Waals surface area contributed by atoms with Crippen molar-refractivity contribution in [1.29, 1.82) is 0 Å². The van der Waals surface area contributed by atoms with Gasteiger partial charge in [0.25, 0.3) is 0 Å². The Morgan fingerprint density at radius 3 is 2.06 bits per heavy atom. The third-order valence-corrected chi connectivity index (χ3v) is 4.15. The number of thioether (sulfide) groups is 2. The summed E-state index contributed by atoms with van der Waals surface area (Å²) in [7, 11) is 0. The van der Waals surface area contributed by atoms with Gasteiger partial charge in [-0.2, -0.15) is 0 Å². The van der Waals surface area contributed by atoms with E-state index in [-0.39, 0.29) is 0 Å². The summed E-state index contributed by atoms with van der Waals surface area (Å²) in [5.41, 5.74) is 2.48. The molecule has 0 nitrogen and oxygen atoms in total. The van der Waals surface area contributed by atoms with E-state index in [2.05, 4.69) is 73.2 Å². The van der Waals surface area contributed by atoms with Crippen LogP contribution in [0.25, 0.3) is 12.2 Å². The molecule has 0 saturated carbocycles. The second kappa shape index (κ2) is 6.72. The van der Waals surface area contributed by atoms with Gasteiger partial charge in [0.2, 0.25) is 0 Å². The van der Waals surface area contributed by atoms with Crippen LogP contribution in [-0.2, 0) is 0 Å². The molecule has 0 aliphatic rings. The normalized spacial score (nSPS) is 11.0. The fourth-order valence-corrected chi connectivity index (χ4v) is 2.53. The highest BCUT2D eigenvalue weighted by molar-refractivity contribution is 7.98. The first-order chi connectivity index (χ1) is 8.81. The van der Waals surface area contributed by atoms with Gasteiger partial charge in [-0.25, -0.2) is 0 Å². The van der Waals surface area contributed by atoms with Crippen LogP contribution >= 0.6 is 23.5 Å². The number of rotatable bonds is 4. The van der Waals surface area contributed by atoms with Crippen LogP contribution in [0.3, 0.4) is 0 Å². The molecule has 0 N–H and O–H groups in total. The summed E-state index contributed by atoms with van der Waals surface area (Å²) in [6.45, 7) is 0. The van der Waals surface area contributed by atoms with Crippen molar-refractivity contribution in [3.8, 4) is 0 Å². The lowest BCUT2D eigenvalue weighted by Gasteiger charge is -1.99. The molecular weight excluding hydrogens is 256 g/mol. The molecule has 2 aromatic carbocycles. The van der Waals surface area contributed by atoms with Gasteiger partial charge in [0, 0.05) is 9.79 Å². The summed E-state index contributed by atoms with van der Waals surface area (Å²) in [6.07, 6.45) is 8.51. The molecule has 0 spiro atoms. The van der Waals surface area contributed by atoms with Crippen molar-refractivity contribution in [2.24, 2.45) is 0 Å². The van der Waals surface area contributed by atoms with E-state index in [9.17, 15) is 0 Å². The second-order valence-electron chi connectivity index (χ2n) is 3.88. The summed E-state index contributed by atoms with van der Waals surface area (Å²) in [4.78, 5) is 2.60. The van der Waals surface area contributed by atoms with E-state index in [0.29, 0.717) is 0 Å². The van der Waals surface area contributed by atoms with Gasteiger partial charge in [0.1, 0.15) is 0 Å². The van der Waals surface area contributed by atoms with Crippen molar-refractivity contribution in [1.82, 2.24) is 0 Å². The van der Waals surface area contributed by atoms with Crippen molar-refractivity contribution >= 4 is 35.7 Å². The quantitative estimate of drug-likeness (QED) is 0.547. The van der Waals surface area contributed by atoms with Gasteiger partial charge < -0.3 is 0 Å². The van der Waals surface area contributed by atoms with E-state index in [1.165, 1.54) is 20.9 Å². The Kier molecular flexibility index (Phi) is 4.97. The lowest BCUT2D eigenvalue weighted by Crippen LogP contribution is -1.75. The molecule has 0 aliphatic carbocycles. The van der Waals surface area contributed by atoms with Crippen LogP contribution in [0.1, 0.15) is 11.1 Å². The van der Waals surface area contributed by atoms with Crippen molar-refractivity contribution < 1.29 is 0 Å². The van der Waals surface area contributed by atoms with Crippen molar-refractivity contribution in [2.75, 3.05) is 12.5 Å². The second-order valence-corrected chi connectivity index (χ2v) is 5.64. The highest BCUT2D eigenvalue weighted by Crippen LogP contribution is 2.19. The summed E-state index contributed by atoms with van der Waals surface area (Å²) in [5, 5.41) is 0. The highest BCUT2D eigenvalue weighted by atomic mass is 32.2. The molecule has 2 rings (SSSR count). The molecule has 0 heterocycles. The fraction of sp³-hybridized carbons (Fsp3) is 0.125. The summed E-state index contributed by atoms with van der Waals surface area (Å²) in [5.74, 6) is 0. The zero-order valence-electron chi connectivity index (χ0n) is 10.6. The van der Waals surface area contributed by atoms with Crippen molar-refractivity contribution in [3.05, 3.63) is 59.7 Å². The van der Waals surface area contributed by atoms with Gasteiger partial charge in [0.05, 0.1) is 0 Å². The predicted molar refractivity (Wildman–Crippen MR) is 85.4 cm³/mol. The minimum Gasteiger partial charge on any atom is -0.130 e. The third kappa shape index (κ3) is 3.69. The lowest BCUT2D eigenvalue weighted by atomic mass is 10.1. The number of benzene rings is 2. The summed E-state index contributed by atoms with van der Waals surface area (Å²) < 4.78 is 0. The molecule has 0 radical (unpaired) electrons. The van der Waals surface area contributed by atoms with Crippen LogP contribution < -0.4 is 0 Å². The molecule has 2 aromatic rings. The van der Waals surface area contributed by atoms with Gasteiger partial charge in [0.15, 0.2) is 0 Å². The van der Waals surface area contributed by atoms with Gasteiger partial charge >= 0.3 is 0 Å². The molecule has 0 unspecified atom stereocenters. The van der Waals surface area contributed by atoms with E-state index in [4.69, 9.17) is 0 Å². The molecule has 0 aromatic heterocycles. The lowest BCUT2D eigenvalue weighted by molar-refractivity contribution is 1.44. The minimum atomic E-state index is 1.24. The third-order valence-electron chi connectivity index (χ3n) is 2.68. The van der Waals surface area contributed by atoms with E-state index in [1.807, 2.05) is 0 Å². The standard InChI is InChI=1S/C16H16S2/c1-17-15-10-8-13(9-11-15)6-7-14-4-3-5-16(12-14)18-2/h3-12H,1-2H3/b7-6+. The zero-order chi connectivity index (χ0) is 12.8. The van der Waals surface area contributed by atoms with Crippen LogP contribution in [0.4, 0.5) is 0 Å². The number of hydrogen-bond acceptors (Lipinski definition) is 2. The molecule has 0 amide bonds. The Hall–Kier alpha value is -1.12. The average molecular weight is 272 g/mol. The molecule has 18 heavy (non-hydrogen) atoms. The van der Waals surface area contributed by atoms with E-state index >= 15 is 0 Å². The van der Waals surface area contributed by atoms with Gasteiger partial charge in [-0.3, -0.25) is 0 Å². The summed E-state index contributed by atoms with van der Waals surface area (Å²) in [6, 6.07) is 17.2. The topological polar surface area (TPSA) is 0 Å². The Labute approximate surface area is 118 Å². The van der Waals surface area contributed by atoms with Gasteiger partial charge in [-0.1, -0.05) is 36.4 Å². The van der Waals surface area contributed by atoms with Crippen LogP contribution in [0.2, 0.25) is 0 Å². The average Bonchev–Trinajstić information content (AvgIpc) is 2.46. The monoisotopic (exact) mass is 272 g/mol. The highest BCUT2D eigenvalue weighted by Gasteiger charge is 1.92. The molecule has 92 valence electrons. The smallest absolute Gasteiger partial charge is 0.00750 e. The Morgan fingerprint density at radius 1 is 0.722 bits per heavy atom. The largest absolute Gasteiger partial charge is 0.130 e. The Bertz CT molecular complexity index is 527. The summed E-state index contributed by atoms with van der Waals surface area (Å²) >= 11 is 3.54. The van der Waals surface area contributed by atoms with Crippen LogP contribution in [0.15, 0.2) is 58.3 Å². The van der Waals surface area contributed by atoms with Crippen molar-refractivity contribution in [2.45, 2.75) is 9.79 Å². The van der Waals surface area contributed by atoms with E-state index < -0.39 is 0 Å². The van der Waals surface area contributed by atoms with Gasteiger partial charge in [-0.15, -0.1) is 23.5 Å². The maximum absolute atomic E-state index is 2.21. The van der Waals surface area contributed by atoms with E-state index in [1.54, 1.807) is 23.5 Å². The predicted octanol–water partition coefficient (Wildman–Crippen LogP) is 5.30. The van der Waals surface area contributed by atoms with Crippen LogP contribution in [0, 0.1) is 0 Å². The Balaban J connectivity index is 2.13. The Morgan fingerprint density at radius 2 is 1.39 bits per heavy atom. The van der Waals surface area contributed by atoms with Crippen LogP contribution in [0.5, 0.6) is 0 Å². The van der Waals surface area contributed by atoms with Crippen LogP contribution in [-0.4, -0.2) is 12.5 Å². The molecule has 0 saturated heterocycles. The molecule has 0 fully saturated rings.